The van der Waals surface area contributed by atoms with Crippen LogP contribution in [0, 0.1) is 0 Å². The summed E-state index contributed by atoms with van der Waals surface area (Å²) in [4.78, 5) is 43.8. The van der Waals surface area contributed by atoms with E-state index in [1.165, 1.54) is 19.9 Å². The number of ketones is 1. The minimum atomic E-state index is -0.789. The van der Waals surface area contributed by atoms with E-state index in [0.717, 1.165) is 0 Å². The van der Waals surface area contributed by atoms with E-state index >= 15 is 0 Å². The monoisotopic (exact) mass is 434 g/mol. The molecular weight excluding hydrogens is 404 g/mol. The molecule has 12 heteroatoms. The Bertz CT molecular complexity index is 845. The Morgan fingerprint density at radius 1 is 1.03 bits per heavy atom. The zero-order chi connectivity index (χ0) is 23.4. The lowest BCUT2D eigenvalue weighted by Crippen LogP contribution is -2.43. The Labute approximate surface area is 180 Å². The fourth-order valence-corrected chi connectivity index (χ4v) is 2.59. The van der Waals surface area contributed by atoms with E-state index < -0.39 is 11.9 Å². The summed E-state index contributed by atoms with van der Waals surface area (Å²) in [6.07, 6.45) is 0.811. The Balaban J connectivity index is 2.86. The Morgan fingerprint density at radius 3 is 2.26 bits per heavy atom. The molecule has 0 aliphatic rings. The number of anilines is 1. The molecule has 0 aliphatic heterocycles. The lowest BCUT2D eigenvalue weighted by atomic mass is 10.1. The number of guanidine groups is 2. The summed E-state index contributed by atoms with van der Waals surface area (Å²) in [6, 6.07) is 3.86. The zero-order valence-corrected chi connectivity index (χ0v) is 17.7. The Kier molecular flexibility index (Phi) is 10.3. The van der Waals surface area contributed by atoms with Gasteiger partial charge in [0.05, 0.1) is 12.1 Å². The number of hydrogen-bond acceptors (Lipinski definition) is 6. The summed E-state index contributed by atoms with van der Waals surface area (Å²) < 4.78 is 5.55. The molecule has 2 amide bonds. The number of Topliss-reactive ketones (excluding diaryl/α,β-unsaturated/α-hetero) is 1. The van der Waals surface area contributed by atoms with Crippen LogP contribution in [0.15, 0.2) is 28.2 Å². The van der Waals surface area contributed by atoms with Crippen molar-refractivity contribution in [3.8, 4) is 5.75 Å². The molecule has 170 valence electrons. The maximum absolute atomic E-state index is 12.7. The van der Waals surface area contributed by atoms with Crippen LogP contribution in [-0.2, 0) is 9.59 Å². The summed E-state index contributed by atoms with van der Waals surface area (Å²) in [5, 5.41) is 5.29. The molecule has 31 heavy (non-hydrogen) atoms. The summed E-state index contributed by atoms with van der Waals surface area (Å²) in [6.45, 7) is 3.43. The molecule has 1 atom stereocenters. The molecule has 1 aromatic rings. The lowest BCUT2D eigenvalue weighted by molar-refractivity contribution is -0.125. The maximum atomic E-state index is 12.7. The first kappa shape index (κ1) is 25.2. The van der Waals surface area contributed by atoms with Gasteiger partial charge in [-0.15, -0.1) is 0 Å². The number of aliphatic imine (C=N–C) groups is 2. The van der Waals surface area contributed by atoms with Crippen molar-refractivity contribution >= 4 is 35.2 Å². The second-order valence-corrected chi connectivity index (χ2v) is 6.61. The summed E-state index contributed by atoms with van der Waals surface area (Å²) >= 11 is 0. The zero-order valence-electron chi connectivity index (χ0n) is 17.7. The number of carbonyl (C=O) groups is 3. The number of rotatable bonds is 12. The number of nitrogens with zero attached hydrogens (tertiary/aromatic N) is 2. The van der Waals surface area contributed by atoms with Crippen molar-refractivity contribution in [3.63, 3.8) is 0 Å². The first-order valence-electron chi connectivity index (χ1n) is 9.56. The normalized spacial score (nSPS) is 11.0. The van der Waals surface area contributed by atoms with E-state index in [-0.39, 0.29) is 42.3 Å². The molecule has 12 nitrogen and oxygen atoms in total. The molecule has 0 aliphatic carbocycles. The van der Waals surface area contributed by atoms with Crippen LogP contribution in [0.3, 0.4) is 0 Å². The highest BCUT2D eigenvalue weighted by Crippen LogP contribution is 2.24. The van der Waals surface area contributed by atoms with Gasteiger partial charge in [0.1, 0.15) is 18.4 Å². The Hall–Kier alpha value is -3.83. The number of nitrogens with two attached hydrogens (primary N) is 4. The molecule has 0 saturated heterocycles. The predicted molar refractivity (Wildman–Crippen MR) is 119 cm³/mol. The largest absolute Gasteiger partial charge is 0.491 e. The third-order valence-electron chi connectivity index (χ3n) is 3.91. The molecule has 0 spiro atoms. The second-order valence-electron chi connectivity index (χ2n) is 6.61. The Morgan fingerprint density at radius 2 is 1.68 bits per heavy atom. The van der Waals surface area contributed by atoms with Gasteiger partial charge in [0.25, 0.3) is 0 Å². The van der Waals surface area contributed by atoms with Gasteiger partial charge in [-0.3, -0.25) is 24.4 Å². The molecule has 0 radical (unpaired) electrons. The van der Waals surface area contributed by atoms with Crippen molar-refractivity contribution in [1.29, 1.82) is 0 Å². The standard InChI is InChI=1S/C19H30N8O4/c1-11(28)14-10-13(5-6-16(14)31-9-8-25-19(22)23)27-17(30)15(26-12(2)29)4-3-7-24-18(20)21/h5-6,10,15H,3-4,7-9H2,1-2H3,(H,26,29)(H,27,30)(H4,20,21,24)(H4,22,23,25)/t15-/m1/s1. The molecule has 1 aromatic carbocycles. The molecule has 0 heterocycles. The van der Waals surface area contributed by atoms with E-state index in [9.17, 15) is 14.4 Å². The summed E-state index contributed by atoms with van der Waals surface area (Å²) in [5.41, 5.74) is 21.7. The van der Waals surface area contributed by atoms with Gasteiger partial charge in [-0.25, -0.2) is 0 Å². The van der Waals surface area contributed by atoms with Crippen molar-refractivity contribution in [2.75, 3.05) is 25.0 Å². The number of ether oxygens (including phenoxy) is 1. The fourth-order valence-electron chi connectivity index (χ4n) is 2.59. The van der Waals surface area contributed by atoms with Gasteiger partial charge in [0.2, 0.25) is 11.8 Å². The van der Waals surface area contributed by atoms with Crippen molar-refractivity contribution in [2.45, 2.75) is 32.7 Å². The van der Waals surface area contributed by atoms with Gasteiger partial charge in [-0.05, 0) is 38.0 Å². The highest BCUT2D eigenvalue weighted by Gasteiger charge is 2.20. The number of carbonyl (C=O) groups excluding carboxylic acids is 3. The minimum Gasteiger partial charge on any atom is -0.491 e. The topological polar surface area (TPSA) is 213 Å². The van der Waals surface area contributed by atoms with Gasteiger partial charge in [0.15, 0.2) is 17.7 Å². The van der Waals surface area contributed by atoms with Crippen LogP contribution in [0.2, 0.25) is 0 Å². The van der Waals surface area contributed by atoms with E-state index in [1.54, 1.807) is 12.1 Å². The van der Waals surface area contributed by atoms with Crippen molar-refractivity contribution in [3.05, 3.63) is 23.8 Å². The summed E-state index contributed by atoms with van der Waals surface area (Å²) in [7, 11) is 0. The molecule has 1 rings (SSSR count). The predicted octanol–water partition coefficient (Wildman–Crippen LogP) is -0.962. The smallest absolute Gasteiger partial charge is 0.246 e. The molecule has 0 saturated carbocycles. The highest BCUT2D eigenvalue weighted by atomic mass is 16.5. The van der Waals surface area contributed by atoms with Gasteiger partial charge < -0.3 is 38.3 Å². The number of nitrogens with one attached hydrogen (secondary N) is 2. The summed E-state index contributed by atoms with van der Waals surface area (Å²) in [5.74, 6) is -0.791. The van der Waals surface area contributed by atoms with Crippen molar-refractivity contribution in [2.24, 2.45) is 32.9 Å². The van der Waals surface area contributed by atoms with Gasteiger partial charge in [0, 0.05) is 19.2 Å². The van der Waals surface area contributed by atoms with Gasteiger partial charge in [-0.2, -0.15) is 0 Å². The second kappa shape index (κ2) is 12.7. The van der Waals surface area contributed by atoms with Crippen LogP contribution in [0.1, 0.15) is 37.0 Å². The molecule has 0 unspecified atom stereocenters. The molecular formula is C19H30N8O4. The highest BCUT2D eigenvalue weighted by molar-refractivity contribution is 6.01. The molecule has 0 fully saturated rings. The van der Waals surface area contributed by atoms with E-state index in [4.69, 9.17) is 27.7 Å². The first-order valence-corrected chi connectivity index (χ1v) is 9.56. The van der Waals surface area contributed by atoms with E-state index in [0.29, 0.717) is 30.8 Å². The molecule has 0 aromatic heterocycles. The minimum absolute atomic E-state index is 0.0436. The number of hydrogen-bond donors (Lipinski definition) is 6. The van der Waals surface area contributed by atoms with Crippen LogP contribution >= 0.6 is 0 Å². The van der Waals surface area contributed by atoms with Crippen LogP contribution in [0.5, 0.6) is 5.75 Å². The van der Waals surface area contributed by atoms with E-state index in [1.807, 2.05) is 0 Å². The lowest BCUT2D eigenvalue weighted by Gasteiger charge is -2.18. The van der Waals surface area contributed by atoms with Crippen molar-refractivity contribution < 1.29 is 19.1 Å². The quantitative estimate of drug-likeness (QED) is 0.104. The first-order chi connectivity index (χ1) is 14.6. The SMILES string of the molecule is CC(=O)N[C@H](CCCN=C(N)N)C(=O)Nc1ccc(OCCN=C(N)N)c(C(C)=O)c1. The van der Waals surface area contributed by atoms with Crippen LogP contribution in [0.4, 0.5) is 5.69 Å². The maximum Gasteiger partial charge on any atom is 0.246 e. The average molecular weight is 435 g/mol. The average Bonchev–Trinajstić information content (AvgIpc) is 2.67. The number of amides is 2. The van der Waals surface area contributed by atoms with Crippen molar-refractivity contribution in [1.82, 2.24) is 5.32 Å². The third-order valence-corrected chi connectivity index (χ3v) is 3.91. The van der Waals surface area contributed by atoms with Crippen LogP contribution < -0.4 is 38.3 Å². The van der Waals surface area contributed by atoms with Gasteiger partial charge >= 0.3 is 0 Å². The van der Waals surface area contributed by atoms with Crippen LogP contribution in [0.25, 0.3) is 0 Å². The van der Waals surface area contributed by atoms with E-state index in [2.05, 4.69) is 20.6 Å². The molecule has 0 bridgehead atoms. The van der Waals surface area contributed by atoms with Gasteiger partial charge in [-0.1, -0.05) is 0 Å². The fraction of sp³-hybridized carbons (Fsp3) is 0.421. The van der Waals surface area contributed by atoms with Crippen LogP contribution in [-0.4, -0.2) is 55.3 Å². The molecule has 10 N–H and O–H groups in total. The third kappa shape index (κ3) is 9.96. The number of benzene rings is 1.